The first-order valence-electron chi connectivity index (χ1n) is 8.80. The van der Waals surface area contributed by atoms with Crippen molar-refractivity contribution in [2.24, 2.45) is 0 Å². The first kappa shape index (κ1) is 20.1. The molecule has 1 aliphatic carbocycles. The second-order valence-corrected chi connectivity index (χ2v) is 6.70. The Morgan fingerprint density at radius 2 is 1.69 bits per heavy atom. The number of carbonyl (C=O) groups excluding carboxylic acids is 1. The van der Waals surface area contributed by atoms with Crippen LogP contribution in [0.25, 0.3) is 22.0 Å². The van der Waals surface area contributed by atoms with Crippen LogP contribution in [0.15, 0.2) is 72.9 Å². The van der Waals surface area contributed by atoms with E-state index in [0.29, 0.717) is 11.2 Å². The summed E-state index contributed by atoms with van der Waals surface area (Å²) in [5.74, 6) is -0.449. The lowest BCUT2D eigenvalue weighted by Gasteiger charge is -2.10. The number of nitrogens with zero attached hydrogens (tertiary/aromatic N) is 1. The van der Waals surface area contributed by atoms with Crippen LogP contribution in [0.4, 0.5) is 5.69 Å². The molecule has 1 aromatic heterocycles. The normalized spacial score (nSPS) is 11.0. The van der Waals surface area contributed by atoms with E-state index >= 15 is 0 Å². The Hall–Kier alpha value is -3.66. The molecule has 5 rings (SSSR count). The Balaban J connectivity index is 0.00000120. The summed E-state index contributed by atoms with van der Waals surface area (Å²) in [4.78, 5) is 16.9. The molecule has 0 unspecified atom stereocenters. The third-order valence-corrected chi connectivity index (χ3v) is 5.04. The average molecular weight is 384 g/mol. The quantitative estimate of drug-likeness (QED) is 0.390. The predicted molar refractivity (Wildman–Crippen MR) is 120 cm³/mol. The molecule has 146 valence electrons. The van der Waals surface area contributed by atoms with Gasteiger partial charge in [0.05, 0.1) is 5.56 Å². The molecule has 4 heteroatoms. The number of pyridine rings is 1. The van der Waals surface area contributed by atoms with Gasteiger partial charge in [-0.3, -0.25) is 9.78 Å². The molecule has 0 aliphatic heterocycles. The first-order valence-corrected chi connectivity index (χ1v) is 8.80. The maximum atomic E-state index is 12.7. The van der Waals surface area contributed by atoms with E-state index in [1.165, 1.54) is 22.3 Å². The van der Waals surface area contributed by atoms with E-state index in [1.807, 2.05) is 36.4 Å². The van der Waals surface area contributed by atoms with Gasteiger partial charge in [0.15, 0.2) is 5.75 Å². The molecule has 0 spiro atoms. The highest BCUT2D eigenvalue weighted by atomic mass is 16.3. The van der Waals surface area contributed by atoms with Crippen LogP contribution in [-0.2, 0) is 6.42 Å². The van der Waals surface area contributed by atoms with Crippen molar-refractivity contribution in [3.05, 3.63) is 89.6 Å². The minimum atomic E-state index is -0.351. The van der Waals surface area contributed by atoms with Crippen molar-refractivity contribution in [2.45, 2.75) is 21.3 Å². The largest absolute Gasteiger partial charge is 0.505 e. The number of phenols is 1. The number of fused-ring (bicyclic) bond motifs is 4. The number of phenolic OH excluding ortho intramolecular Hbond substituents is 1. The van der Waals surface area contributed by atoms with E-state index in [1.54, 1.807) is 24.4 Å². The van der Waals surface area contributed by atoms with Gasteiger partial charge in [-0.1, -0.05) is 57.3 Å². The number of nitrogens with one attached hydrogen (secondary N) is 1. The maximum absolute atomic E-state index is 12.7. The van der Waals surface area contributed by atoms with E-state index < -0.39 is 0 Å². The zero-order valence-corrected chi connectivity index (χ0v) is 14.4. The van der Waals surface area contributed by atoms with E-state index in [9.17, 15) is 9.90 Å². The number of rotatable bonds is 2. The molecule has 29 heavy (non-hydrogen) atoms. The summed E-state index contributed by atoms with van der Waals surface area (Å²) in [6.45, 7) is 0. The molecule has 0 atom stereocenters. The van der Waals surface area contributed by atoms with Gasteiger partial charge in [0.2, 0.25) is 0 Å². The van der Waals surface area contributed by atoms with Gasteiger partial charge in [-0.05, 0) is 52.9 Å². The molecular formula is C25H24N2O2. The van der Waals surface area contributed by atoms with Crippen LogP contribution in [0.1, 0.15) is 36.3 Å². The van der Waals surface area contributed by atoms with Crippen LogP contribution in [0.3, 0.4) is 0 Å². The number of hydrogen-bond acceptors (Lipinski definition) is 3. The lowest BCUT2D eigenvalue weighted by Crippen LogP contribution is -2.12. The van der Waals surface area contributed by atoms with Gasteiger partial charge in [-0.15, -0.1) is 0 Å². The molecule has 4 aromatic rings. The topological polar surface area (TPSA) is 62.2 Å². The van der Waals surface area contributed by atoms with E-state index in [-0.39, 0.29) is 32.1 Å². The van der Waals surface area contributed by atoms with Gasteiger partial charge >= 0.3 is 0 Å². The van der Waals surface area contributed by atoms with Crippen LogP contribution in [0.5, 0.6) is 5.75 Å². The molecule has 0 saturated carbocycles. The zero-order chi connectivity index (χ0) is 18.4. The zero-order valence-electron chi connectivity index (χ0n) is 14.4. The van der Waals surface area contributed by atoms with E-state index in [0.717, 1.165) is 11.8 Å². The van der Waals surface area contributed by atoms with Gasteiger partial charge in [-0.25, -0.2) is 0 Å². The molecule has 0 saturated heterocycles. The highest BCUT2D eigenvalue weighted by Crippen LogP contribution is 2.37. The standard InChI is InChI=1S/C23H16N2O2.2CH4/c26-22-20(9-7-14-5-3-11-24-21(14)22)23(27)25-17-8-10-19-16(13-17)12-15-4-1-2-6-18(15)19;;/h1-11,13,26H,12H2,(H,25,27);2*1H4. The molecule has 3 aromatic carbocycles. The number of hydrogen-bond donors (Lipinski definition) is 2. The lowest BCUT2D eigenvalue weighted by molar-refractivity contribution is 0.102. The van der Waals surface area contributed by atoms with Crippen LogP contribution >= 0.6 is 0 Å². The second-order valence-electron chi connectivity index (χ2n) is 6.70. The van der Waals surface area contributed by atoms with Crippen LogP contribution in [0.2, 0.25) is 0 Å². The van der Waals surface area contributed by atoms with Gasteiger partial charge in [0.1, 0.15) is 5.52 Å². The third kappa shape index (κ3) is 3.34. The fourth-order valence-electron chi connectivity index (χ4n) is 3.73. The summed E-state index contributed by atoms with van der Waals surface area (Å²) in [5, 5.41) is 14.1. The molecule has 1 aliphatic rings. The van der Waals surface area contributed by atoms with Crippen molar-refractivity contribution >= 4 is 22.5 Å². The number of carbonyl (C=O) groups is 1. The second kappa shape index (κ2) is 7.76. The van der Waals surface area contributed by atoms with Gasteiger partial charge in [0, 0.05) is 17.3 Å². The predicted octanol–water partition coefficient (Wildman–Crippen LogP) is 6.04. The molecule has 0 fully saturated rings. The first-order chi connectivity index (χ1) is 13.2. The fourth-order valence-corrected chi connectivity index (χ4v) is 3.73. The number of benzene rings is 3. The molecule has 0 bridgehead atoms. The lowest BCUT2D eigenvalue weighted by atomic mass is 10.1. The molecule has 0 radical (unpaired) electrons. The monoisotopic (exact) mass is 384 g/mol. The summed E-state index contributed by atoms with van der Waals surface area (Å²) < 4.78 is 0. The van der Waals surface area contributed by atoms with Crippen molar-refractivity contribution in [3.63, 3.8) is 0 Å². The highest BCUT2D eigenvalue weighted by Gasteiger charge is 2.19. The molecular weight excluding hydrogens is 360 g/mol. The van der Waals surface area contributed by atoms with Gasteiger partial charge < -0.3 is 10.4 Å². The number of aromatic nitrogens is 1. The fraction of sp³-hybridized carbons (Fsp3) is 0.120. The van der Waals surface area contributed by atoms with Crippen LogP contribution < -0.4 is 5.32 Å². The summed E-state index contributed by atoms with van der Waals surface area (Å²) in [6, 6.07) is 21.3. The van der Waals surface area contributed by atoms with Crippen molar-refractivity contribution < 1.29 is 9.90 Å². The summed E-state index contributed by atoms with van der Waals surface area (Å²) in [5.41, 5.74) is 6.31. The van der Waals surface area contributed by atoms with Crippen molar-refractivity contribution in [2.75, 3.05) is 5.32 Å². The van der Waals surface area contributed by atoms with Crippen molar-refractivity contribution in [1.82, 2.24) is 4.98 Å². The minimum Gasteiger partial charge on any atom is -0.505 e. The Labute approximate surface area is 170 Å². The third-order valence-electron chi connectivity index (χ3n) is 5.04. The Bertz CT molecular complexity index is 1210. The van der Waals surface area contributed by atoms with Crippen molar-refractivity contribution in [3.8, 4) is 16.9 Å². The van der Waals surface area contributed by atoms with Crippen molar-refractivity contribution in [1.29, 1.82) is 0 Å². The minimum absolute atomic E-state index is 0. The number of amides is 1. The summed E-state index contributed by atoms with van der Waals surface area (Å²) in [7, 11) is 0. The van der Waals surface area contributed by atoms with Crippen LogP contribution in [-0.4, -0.2) is 16.0 Å². The number of anilines is 1. The Kier molecular flexibility index (Phi) is 5.37. The Morgan fingerprint density at radius 1 is 0.897 bits per heavy atom. The SMILES string of the molecule is C.C.O=C(Nc1ccc2c(c1)Cc1ccccc1-2)c1ccc2cccnc2c1O. The molecule has 4 nitrogen and oxygen atoms in total. The maximum Gasteiger partial charge on any atom is 0.259 e. The van der Waals surface area contributed by atoms with Gasteiger partial charge in [-0.2, -0.15) is 0 Å². The van der Waals surface area contributed by atoms with E-state index in [4.69, 9.17) is 0 Å². The molecule has 2 N–H and O–H groups in total. The highest BCUT2D eigenvalue weighted by molar-refractivity contribution is 6.09. The molecule has 1 heterocycles. The smallest absolute Gasteiger partial charge is 0.259 e. The molecule has 1 amide bonds. The summed E-state index contributed by atoms with van der Waals surface area (Å²) >= 11 is 0. The average Bonchev–Trinajstić information content (AvgIpc) is 3.06. The van der Waals surface area contributed by atoms with E-state index in [2.05, 4.69) is 22.4 Å². The van der Waals surface area contributed by atoms with Gasteiger partial charge in [0.25, 0.3) is 5.91 Å². The Morgan fingerprint density at radius 3 is 2.55 bits per heavy atom. The number of aromatic hydroxyl groups is 1. The van der Waals surface area contributed by atoms with Crippen LogP contribution in [0, 0.1) is 0 Å². The summed E-state index contributed by atoms with van der Waals surface area (Å²) in [6.07, 6.45) is 2.46.